The van der Waals surface area contributed by atoms with Crippen LogP contribution in [0.4, 0.5) is 0 Å². The summed E-state index contributed by atoms with van der Waals surface area (Å²) in [6.07, 6.45) is 5.14. The third-order valence-electron chi connectivity index (χ3n) is 7.06. The Labute approximate surface area is 204 Å². The quantitative estimate of drug-likeness (QED) is 0.204. The first-order valence-electron chi connectivity index (χ1n) is 11.8. The van der Waals surface area contributed by atoms with E-state index in [2.05, 4.69) is 32.9 Å². The van der Waals surface area contributed by atoms with Crippen molar-refractivity contribution >= 4 is 25.9 Å². The van der Waals surface area contributed by atoms with E-state index in [-0.39, 0.29) is 12.6 Å². The number of allylic oxidation sites excluding steroid dienone is 1. The predicted octanol–water partition coefficient (Wildman–Crippen LogP) is 7.07. The first-order valence-corrected chi connectivity index (χ1v) is 14.7. The van der Waals surface area contributed by atoms with Gasteiger partial charge in [-0.2, -0.15) is 0 Å². The van der Waals surface area contributed by atoms with Crippen LogP contribution in [0.25, 0.3) is 0 Å². The van der Waals surface area contributed by atoms with Crippen molar-refractivity contribution in [2.24, 2.45) is 0 Å². The molecule has 1 unspecified atom stereocenters. The van der Waals surface area contributed by atoms with Crippen LogP contribution in [0.1, 0.15) is 44.7 Å². The normalized spacial score (nSPS) is 20.5. The average Bonchev–Trinajstić information content (AvgIpc) is 2.87. The maximum atomic E-state index is 13.9. The molecule has 2 atom stereocenters. The van der Waals surface area contributed by atoms with Crippen LogP contribution in [0.2, 0.25) is 23.2 Å². The molecule has 0 aliphatic heterocycles. The van der Waals surface area contributed by atoms with E-state index in [4.69, 9.17) is 25.5 Å². The van der Waals surface area contributed by atoms with Gasteiger partial charge in [0.05, 0.1) is 13.2 Å². The zero-order chi connectivity index (χ0) is 23.9. The maximum Gasteiger partial charge on any atom is 0.319 e. The third kappa shape index (κ3) is 5.37. The Bertz CT molecular complexity index is 947. The van der Waals surface area contributed by atoms with E-state index in [1.165, 1.54) is 0 Å². The van der Waals surface area contributed by atoms with Gasteiger partial charge in [-0.3, -0.25) is 4.79 Å². The molecule has 1 aliphatic carbocycles. The van der Waals surface area contributed by atoms with Crippen molar-refractivity contribution in [3.05, 3.63) is 76.8 Å². The van der Waals surface area contributed by atoms with E-state index >= 15 is 0 Å². The summed E-state index contributed by atoms with van der Waals surface area (Å²) in [5, 5.41) is 0.569. The molecule has 0 radical (unpaired) electrons. The van der Waals surface area contributed by atoms with Crippen LogP contribution in [0.15, 0.2) is 60.7 Å². The van der Waals surface area contributed by atoms with Gasteiger partial charge in [-0.05, 0) is 60.3 Å². The number of hydrogen-bond donors (Lipinski definition) is 0. The van der Waals surface area contributed by atoms with Gasteiger partial charge < -0.3 is 13.9 Å². The highest BCUT2D eigenvalue weighted by Gasteiger charge is 2.52. The molecule has 0 saturated heterocycles. The zero-order valence-electron chi connectivity index (χ0n) is 20.1. The molecule has 3 rings (SSSR count). The molecule has 2 aromatic carbocycles. The predicted molar refractivity (Wildman–Crippen MR) is 136 cm³/mol. The first kappa shape index (κ1) is 25.5. The highest BCUT2D eigenvalue weighted by molar-refractivity contribution is 6.73. The van der Waals surface area contributed by atoms with Crippen LogP contribution in [-0.4, -0.2) is 27.5 Å². The molecule has 33 heavy (non-hydrogen) atoms. The molecular weight excluding hydrogens is 452 g/mol. The lowest BCUT2D eigenvalue weighted by Crippen LogP contribution is -2.54. The third-order valence-corrected chi connectivity index (χ3v) is 12.0. The van der Waals surface area contributed by atoms with E-state index in [1.54, 1.807) is 7.11 Å². The number of halogens is 1. The lowest BCUT2D eigenvalue weighted by atomic mass is 9.69. The second-order valence-electron chi connectivity index (χ2n) is 8.62. The van der Waals surface area contributed by atoms with Crippen molar-refractivity contribution < 1.29 is 18.7 Å². The second-order valence-corrected chi connectivity index (χ2v) is 13.8. The summed E-state index contributed by atoms with van der Waals surface area (Å²) in [6, 6.07) is 18.2. The van der Waals surface area contributed by atoms with Gasteiger partial charge in [0.2, 0.25) is 0 Å². The number of carbonyl (C=O) groups excluding carboxylic acids is 1. The maximum absolute atomic E-state index is 13.9. The Morgan fingerprint density at radius 2 is 1.73 bits per heavy atom. The van der Waals surface area contributed by atoms with Crippen molar-refractivity contribution in [2.45, 2.75) is 69.9 Å². The summed E-state index contributed by atoms with van der Waals surface area (Å²) in [4.78, 5) is 13.9. The van der Waals surface area contributed by atoms with E-state index in [0.717, 1.165) is 41.4 Å². The number of rotatable bonds is 10. The fourth-order valence-corrected chi connectivity index (χ4v) is 7.81. The standard InChI is InChI=1S/C27H35ClO4Si/c1-5-33(6-2,7-3)32-25-14-10-11-19-27(25,23-12-8-9-13-24(23)28)26(29)31-20-21-15-17-22(30-4)18-16-21/h8-10,12-18,25H,5-7,11,19-20H2,1-4H3/t25?,27-/m1/s1. The second kappa shape index (κ2) is 11.4. The highest BCUT2D eigenvalue weighted by Crippen LogP contribution is 2.44. The van der Waals surface area contributed by atoms with Gasteiger partial charge in [-0.1, -0.05) is 74.9 Å². The van der Waals surface area contributed by atoms with Gasteiger partial charge in [0, 0.05) is 5.02 Å². The van der Waals surface area contributed by atoms with Gasteiger partial charge in [-0.15, -0.1) is 0 Å². The summed E-state index contributed by atoms with van der Waals surface area (Å²) < 4.78 is 18.1. The fraction of sp³-hybridized carbons (Fsp3) is 0.444. The number of methoxy groups -OCH3 is 1. The van der Waals surface area contributed by atoms with Crippen LogP contribution in [-0.2, 0) is 26.0 Å². The smallest absolute Gasteiger partial charge is 0.319 e. The molecule has 0 heterocycles. The van der Waals surface area contributed by atoms with Crippen molar-refractivity contribution in [2.75, 3.05) is 7.11 Å². The Morgan fingerprint density at radius 1 is 1.06 bits per heavy atom. The fourth-order valence-electron chi connectivity index (χ4n) is 4.69. The molecule has 1 aliphatic rings. The minimum Gasteiger partial charge on any atom is -0.497 e. The summed E-state index contributed by atoms with van der Waals surface area (Å²) in [7, 11) is -0.373. The molecule has 0 bridgehead atoms. The summed E-state index contributed by atoms with van der Waals surface area (Å²) in [5.41, 5.74) is 0.714. The number of hydrogen-bond acceptors (Lipinski definition) is 4. The van der Waals surface area contributed by atoms with Gasteiger partial charge in [0.25, 0.3) is 0 Å². The zero-order valence-corrected chi connectivity index (χ0v) is 21.9. The first-order chi connectivity index (χ1) is 15.9. The number of esters is 1. The monoisotopic (exact) mass is 486 g/mol. The molecule has 0 fully saturated rings. The molecular formula is C27H35ClO4Si. The van der Waals surface area contributed by atoms with Crippen LogP contribution in [0.5, 0.6) is 5.75 Å². The van der Waals surface area contributed by atoms with Gasteiger partial charge in [-0.25, -0.2) is 0 Å². The van der Waals surface area contributed by atoms with Crippen LogP contribution >= 0.6 is 11.6 Å². The van der Waals surface area contributed by atoms with Crippen molar-refractivity contribution in [1.82, 2.24) is 0 Å². The van der Waals surface area contributed by atoms with Crippen LogP contribution < -0.4 is 4.74 Å². The van der Waals surface area contributed by atoms with Gasteiger partial charge in [0.1, 0.15) is 17.8 Å². The topological polar surface area (TPSA) is 44.8 Å². The molecule has 0 aromatic heterocycles. The summed E-state index contributed by atoms with van der Waals surface area (Å²) >= 11 is 6.69. The largest absolute Gasteiger partial charge is 0.497 e. The Morgan fingerprint density at radius 3 is 2.33 bits per heavy atom. The SMILES string of the molecule is CC[Si](CC)(CC)OC1C=CCC[C@@]1(C(=O)OCc1ccc(OC)cc1)c1ccccc1Cl. The van der Waals surface area contributed by atoms with E-state index in [1.807, 2.05) is 48.5 Å². The number of benzene rings is 2. The molecule has 6 heteroatoms. The van der Waals surface area contributed by atoms with Crippen molar-refractivity contribution in [3.8, 4) is 5.75 Å². The lowest BCUT2D eigenvalue weighted by molar-refractivity contribution is -0.156. The van der Waals surface area contributed by atoms with Crippen molar-refractivity contribution in [1.29, 1.82) is 0 Å². The molecule has 4 nitrogen and oxygen atoms in total. The van der Waals surface area contributed by atoms with E-state index in [9.17, 15) is 4.79 Å². The average molecular weight is 487 g/mol. The van der Waals surface area contributed by atoms with Gasteiger partial charge in [0.15, 0.2) is 8.32 Å². The molecule has 0 saturated carbocycles. The highest BCUT2D eigenvalue weighted by atomic mass is 35.5. The molecule has 0 N–H and O–H groups in total. The molecule has 2 aromatic rings. The molecule has 0 amide bonds. The summed E-state index contributed by atoms with van der Waals surface area (Å²) in [6.45, 7) is 6.78. The minimum absolute atomic E-state index is 0.184. The number of carbonyl (C=O) groups is 1. The Balaban J connectivity index is 1.99. The van der Waals surface area contributed by atoms with E-state index in [0.29, 0.717) is 11.4 Å². The van der Waals surface area contributed by atoms with Crippen LogP contribution in [0, 0.1) is 0 Å². The Kier molecular flexibility index (Phi) is 8.80. The van der Waals surface area contributed by atoms with E-state index < -0.39 is 19.8 Å². The molecule has 178 valence electrons. The minimum atomic E-state index is -2.00. The molecule has 0 spiro atoms. The Hall–Kier alpha value is -2.08. The lowest BCUT2D eigenvalue weighted by Gasteiger charge is -2.44. The van der Waals surface area contributed by atoms with Gasteiger partial charge >= 0.3 is 5.97 Å². The van der Waals surface area contributed by atoms with Crippen molar-refractivity contribution in [3.63, 3.8) is 0 Å². The summed E-state index contributed by atoms with van der Waals surface area (Å²) in [5.74, 6) is 0.482. The number of ether oxygens (including phenoxy) is 2. The van der Waals surface area contributed by atoms with Crippen LogP contribution in [0.3, 0.4) is 0 Å².